The SMILES string of the molecule is CC(=O)c1cc2c(cc1NC(=O)c1cc3nc(C)ccc3o1)OCO2. The van der Waals surface area contributed by atoms with E-state index in [0.717, 1.165) is 5.69 Å². The smallest absolute Gasteiger partial charge is 0.291 e. The molecule has 0 spiro atoms. The summed E-state index contributed by atoms with van der Waals surface area (Å²) in [5, 5.41) is 2.70. The fourth-order valence-electron chi connectivity index (χ4n) is 2.66. The number of fused-ring (bicyclic) bond motifs is 2. The number of carbonyl (C=O) groups is 2. The zero-order chi connectivity index (χ0) is 17.6. The van der Waals surface area contributed by atoms with Gasteiger partial charge in [0.1, 0.15) is 5.52 Å². The second kappa shape index (κ2) is 5.62. The molecule has 0 atom stereocenters. The average molecular weight is 338 g/mol. The number of nitrogens with zero attached hydrogens (tertiary/aromatic N) is 1. The summed E-state index contributed by atoms with van der Waals surface area (Å²) >= 11 is 0. The number of ketones is 1. The van der Waals surface area contributed by atoms with Gasteiger partial charge in [0, 0.05) is 23.4 Å². The van der Waals surface area contributed by atoms with Gasteiger partial charge in [-0.2, -0.15) is 0 Å². The van der Waals surface area contributed by atoms with Crippen LogP contribution in [0.1, 0.15) is 33.5 Å². The first-order valence-corrected chi connectivity index (χ1v) is 7.64. The Kier molecular flexibility index (Phi) is 3.42. The number of furan rings is 1. The van der Waals surface area contributed by atoms with Crippen molar-refractivity contribution >= 4 is 28.5 Å². The number of hydrogen-bond acceptors (Lipinski definition) is 6. The zero-order valence-electron chi connectivity index (χ0n) is 13.6. The highest BCUT2D eigenvalue weighted by molar-refractivity contribution is 6.09. The summed E-state index contributed by atoms with van der Waals surface area (Å²) in [5.41, 5.74) is 2.62. The molecule has 1 aliphatic heterocycles. The number of nitrogens with one attached hydrogen (secondary N) is 1. The van der Waals surface area contributed by atoms with E-state index in [4.69, 9.17) is 13.9 Å². The van der Waals surface area contributed by atoms with Crippen LogP contribution in [0.25, 0.3) is 11.1 Å². The van der Waals surface area contributed by atoms with Crippen molar-refractivity contribution < 1.29 is 23.5 Å². The van der Waals surface area contributed by atoms with Gasteiger partial charge in [-0.1, -0.05) is 0 Å². The lowest BCUT2D eigenvalue weighted by atomic mass is 10.1. The van der Waals surface area contributed by atoms with Crippen LogP contribution in [0.5, 0.6) is 11.5 Å². The maximum atomic E-state index is 12.5. The van der Waals surface area contributed by atoms with E-state index in [1.54, 1.807) is 30.3 Å². The average Bonchev–Trinajstić information content (AvgIpc) is 3.19. The molecule has 126 valence electrons. The molecule has 0 fully saturated rings. The monoisotopic (exact) mass is 338 g/mol. The summed E-state index contributed by atoms with van der Waals surface area (Å²) in [6.07, 6.45) is 0. The molecule has 1 aromatic carbocycles. The summed E-state index contributed by atoms with van der Waals surface area (Å²) in [7, 11) is 0. The number of Topliss-reactive ketones (excluding diaryl/α,β-unsaturated/α-hetero) is 1. The van der Waals surface area contributed by atoms with Crippen LogP contribution >= 0.6 is 0 Å². The largest absolute Gasteiger partial charge is 0.454 e. The fraction of sp³-hybridized carbons (Fsp3) is 0.167. The van der Waals surface area contributed by atoms with Gasteiger partial charge in [0.05, 0.1) is 5.69 Å². The molecular weight excluding hydrogens is 324 g/mol. The quantitative estimate of drug-likeness (QED) is 0.737. The van der Waals surface area contributed by atoms with Gasteiger partial charge in [-0.3, -0.25) is 9.59 Å². The predicted octanol–water partition coefficient (Wildman–Crippen LogP) is 3.32. The Bertz CT molecular complexity index is 1020. The highest BCUT2D eigenvalue weighted by Gasteiger charge is 2.22. The maximum Gasteiger partial charge on any atom is 0.291 e. The van der Waals surface area contributed by atoms with Crippen molar-refractivity contribution in [3.05, 3.63) is 47.3 Å². The van der Waals surface area contributed by atoms with Crippen molar-refractivity contribution in [2.45, 2.75) is 13.8 Å². The third-order valence-corrected chi connectivity index (χ3v) is 3.88. The van der Waals surface area contributed by atoms with E-state index >= 15 is 0 Å². The summed E-state index contributed by atoms with van der Waals surface area (Å²) in [6, 6.07) is 8.26. The van der Waals surface area contributed by atoms with Crippen LogP contribution in [-0.4, -0.2) is 23.5 Å². The van der Waals surface area contributed by atoms with Crippen molar-refractivity contribution in [2.75, 3.05) is 12.1 Å². The second-order valence-electron chi connectivity index (χ2n) is 5.71. The first-order valence-electron chi connectivity index (χ1n) is 7.64. The second-order valence-corrected chi connectivity index (χ2v) is 5.71. The maximum absolute atomic E-state index is 12.5. The molecule has 0 aliphatic carbocycles. The molecule has 4 rings (SSSR count). The minimum atomic E-state index is -0.475. The van der Waals surface area contributed by atoms with Gasteiger partial charge in [0.15, 0.2) is 28.6 Å². The standard InChI is InChI=1S/C18H14N2O5/c1-9-3-4-14-13(19-9)7-17(25-14)18(22)20-12-6-16-15(23-8-24-16)5-11(12)10(2)21/h3-7H,8H2,1-2H3,(H,20,22). The fourth-order valence-corrected chi connectivity index (χ4v) is 2.66. The minimum absolute atomic E-state index is 0.0820. The van der Waals surface area contributed by atoms with Crippen LogP contribution < -0.4 is 14.8 Å². The van der Waals surface area contributed by atoms with E-state index in [0.29, 0.717) is 33.8 Å². The number of pyridine rings is 1. The molecule has 1 N–H and O–H groups in total. The number of aryl methyl sites for hydroxylation is 1. The van der Waals surface area contributed by atoms with E-state index < -0.39 is 5.91 Å². The third-order valence-electron chi connectivity index (χ3n) is 3.88. The van der Waals surface area contributed by atoms with Gasteiger partial charge < -0.3 is 19.2 Å². The first kappa shape index (κ1) is 15.2. The molecule has 7 nitrogen and oxygen atoms in total. The van der Waals surface area contributed by atoms with Gasteiger partial charge in [-0.15, -0.1) is 0 Å². The number of benzene rings is 1. The van der Waals surface area contributed by atoms with Crippen LogP contribution in [0.2, 0.25) is 0 Å². The highest BCUT2D eigenvalue weighted by atomic mass is 16.7. The van der Waals surface area contributed by atoms with E-state index in [-0.39, 0.29) is 18.3 Å². The molecule has 0 unspecified atom stereocenters. The molecule has 1 amide bonds. The van der Waals surface area contributed by atoms with Gasteiger partial charge in [-0.25, -0.2) is 4.98 Å². The van der Waals surface area contributed by atoms with Gasteiger partial charge >= 0.3 is 0 Å². The number of carbonyl (C=O) groups excluding carboxylic acids is 2. The molecular formula is C18H14N2O5. The summed E-state index contributed by atoms with van der Waals surface area (Å²) in [4.78, 5) is 28.7. The molecule has 0 bridgehead atoms. The van der Waals surface area contributed by atoms with Crippen LogP contribution in [0.15, 0.2) is 34.7 Å². The third kappa shape index (κ3) is 2.69. The van der Waals surface area contributed by atoms with E-state index in [9.17, 15) is 9.59 Å². The Morgan fingerprint density at radius 2 is 1.88 bits per heavy atom. The minimum Gasteiger partial charge on any atom is -0.454 e. The van der Waals surface area contributed by atoms with Crippen LogP contribution in [0.4, 0.5) is 5.69 Å². The van der Waals surface area contributed by atoms with Gasteiger partial charge in [0.25, 0.3) is 5.91 Å². The van der Waals surface area contributed by atoms with Crippen molar-refractivity contribution in [3.63, 3.8) is 0 Å². The summed E-state index contributed by atoms with van der Waals surface area (Å²) in [5.74, 6) is 0.390. The molecule has 0 saturated heterocycles. The summed E-state index contributed by atoms with van der Waals surface area (Å²) in [6.45, 7) is 3.36. The highest BCUT2D eigenvalue weighted by Crippen LogP contribution is 2.37. The Labute approximate surface area is 142 Å². The predicted molar refractivity (Wildman–Crippen MR) is 89.3 cm³/mol. The topological polar surface area (TPSA) is 90.7 Å². The number of hydrogen-bond donors (Lipinski definition) is 1. The molecule has 1 aliphatic rings. The van der Waals surface area contributed by atoms with Crippen molar-refractivity contribution in [2.24, 2.45) is 0 Å². The van der Waals surface area contributed by atoms with Crippen molar-refractivity contribution in [1.82, 2.24) is 4.98 Å². The van der Waals surface area contributed by atoms with Crippen LogP contribution in [0, 0.1) is 6.92 Å². The molecule has 3 aromatic rings. The lowest BCUT2D eigenvalue weighted by Crippen LogP contribution is -2.13. The summed E-state index contributed by atoms with van der Waals surface area (Å²) < 4.78 is 16.1. The molecule has 25 heavy (non-hydrogen) atoms. The molecule has 0 saturated carbocycles. The first-order chi connectivity index (χ1) is 12.0. The Balaban J connectivity index is 1.69. The lowest BCUT2D eigenvalue weighted by molar-refractivity contribution is 0.0998. The molecule has 2 aromatic heterocycles. The number of rotatable bonds is 3. The molecule has 7 heteroatoms. The Hall–Kier alpha value is -3.35. The Morgan fingerprint density at radius 3 is 2.64 bits per heavy atom. The lowest BCUT2D eigenvalue weighted by Gasteiger charge is -2.09. The molecule has 3 heterocycles. The van der Waals surface area contributed by atoms with Gasteiger partial charge in [-0.05, 0) is 32.0 Å². The zero-order valence-corrected chi connectivity index (χ0v) is 13.6. The van der Waals surface area contributed by atoms with E-state index in [1.165, 1.54) is 6.92 Å². The number of aromatic nitrogens is 1. The van der Waals surface area contributed by atoms with Crippen molar-refractivity contribution in [3.8, 4) is 11.5 Å². The normalized spacial score (nSPS) is 12.4. The van der Waals surface area contributed by atoms with Gasteiger partial charge in [0.2, 0.25) is 6.79 Å². The Morgan fingerprint density at radius 1 is 1.12 bits per heavy atom. The van der Waals surface area contributed by atoms with Crippen LogP contribution in [-0.2, 0) is 0 Å². The van der Waals surface area contributed by atoms with Crippen LogP contribution in [0.3, 0.4) is 0 Å². The van der Waals surface area contributed by atoms with E-state index in [1.807, 2.05) is 6.92 Å². The van der Waals surface area contributed by atoms with E-state index in [2.05, 4.69) is 10.3 Å². The molecule has 0 radical (unpaired) electrons. The van der Waals surface area contributed by atoms with Crippen molar-refractivity contribution in [1.29, 1.82) is 0 Å². The number of anilines is 1. The number of ether oxygens (including phenoxy) is 2. The number of amides is 1.